The highest BCUT2D eigenvalue weighted by atomic mass is 32.1. The largest absolute Gasteiger partial charge is 0.481 e. The van der Waals surface area contributed by atoms with Crippen molar-refractivity contribution in [3.8, 4) is 0 Å². The van der Waals surface area contributed by atoms with Crippen LogP contribution in [0.25, 0.3) is 0 Å². The van der Waals surface area contributed by atoms with E-state index in [9.17, 15) is 9.90 Å². The molecule has 1 atom stereocenters. The lowest BCUT2D eigenvalue weighted by Crippen LogP contribution is -2.26. The zero-order valence-corrected chi connectivity index (χ0v) is 11.5. The van der Waals surface area contributed by atoms with Crippen LogP contribution in [-0.2, 0) is 11.3 Å². The molecule has 0 saturated heterocycles. The lowest BCUT2D eigenvalue weighted by molar-refractivity contribution is -0.138. The molecule has 1 unspecified atom stereocenters. The minimum Gasteiger partial charge on any atom is -0.481 e. The first-order valence-electron chi connectivity index (χ1n) is 6.06. The molecule has 1 aromatic carbocycles. The van der Waals surface area contributed by atoms with Crippen molar-refractivity contribution in [2.24, 2.45) is 0 Å². The van der Waals surface area contributed by atoms with Crippen LogP contribution in [0.4, 0.5) is 0 Å². The fourth-order valence-electron chi connectivity index (χ4n) is 1.84. The van der Waals surface area contributed by atoms with Crippen molar-refractivity contribution in [1.82, 2.24) is 10.3 Å². The van der Waals surface area contributed by atoms with Crippen molar-refractivity contribution in [1.29, 1.82) is 0 Å². The van der Waals surface area contributed by atoms with E-state index in [-0.39, 0.29) is 0 Å². The average molecular weight is 276 g/mol. The highest BCUT2D eigenvalue weighted by Gasteiger charge is 2.18. The summed E-state index contributed by atoms with van der Waals surface area (Å²) in [6, 6.07) is 9.28. The first kappa shape index (κ1) is 13.7. The smallest absolute Gasteiger partial charge is 0.312 e. The molecule has 2 N–H and O–H groups in total. The third kappa shape index (κ3) is 3.87. The van der Waals surface area contributed by atoms with Gasteiger partial charge in [0.1, 0.15) is 5.01 Å². The van der Waals surface area contributed by atoms with Crippen LogP contribution >= 0.6 is 11.3 Å². The number of carboxylic acids is 1. The SMILES string of the molecule is Cc1csc(CNCC(C(=O)O)c2ccccc2)n1. The molecular weight excluding hydrogens is 260 g/mol. The molecule has 2 rings (SSSR count). The van der Waals surface area contributed by atoms with Gasteiger partial charge in [-0.05, 0) is 12.5 Å². The Morgan fingerprint density at radius 2 is 2.16 bits per heavy atom. The number of aromatic nitrogens is 1. The molecule has 0 fully saturated rings. The summed E-state index contributed by atoms with van der Waals surface area (Å²) in [7, 11) is 0. The molecule has 0 saturated carbocycles. The normalized spacial score (nSPS) is 12.3. The molecule has 1 heterocycles. The van der Waals surface area contributed by atoms with Gasteiger partial charge in [0.2, 0.25) is 0 Å². The van der Waals surface area contributed by atoms with Gasteiger partial charge in [-0.15, -0.1) is 11.3 Å². The number of benzene rings is 1. The van der Waals surface area contributed by atoms with Gasteiger partial charge in [-0.2, -0.15) is 0 Å². The molecule has 100 valence electrons. The minimum atomic E-state index is -0.811. The predicted octanol–water partition coefficient (Wildman–Crippen LogP) is 2.41. The number of aryl methyl sites for hydroxylation is 1. The number of carbonyl (C=O) groups is 1. The van der Waals surface area contributed by atoms with E-state index in [0.717, 1.165) is 16.3 Å². The number of carboxylic acid groups (broad SMARTS) is 1. The Hall–Kier alpha value is -1.72. The van der Waals surface area contributed by atoms with Gasteiger partial charge in [-0.25, -0.2) is 4.98 Å². The molecule has 2 aromatic rings. The van der Waals surface area contributed by atoms with Crippen LogP contribution in [-0.4, -0.2) is 22.6 Å². The maximum absolute atomic E-state index is 11.3. The first-order chi connectivity index (χ1) is 9.16. The third-order valence-corrected chi connectivity index (χ3v) is 3.76. The fourth-order valence-corrected chi connectivity index (χ4v) is 2.58. The summed E-state index contributed by atoms with van der Waals surface area (Å²) < 4.78 is 0. The Labute approximate surface area is 116 Å². The van der Waals surface area contributed by atoms with E-state index in [2.05, 4.69) is 10.3 Å². The van der Waals surface area contributed by atoms with Gasteiger partial charge >= 0.3 is 5.97 Å². The Morgan fingerprint density at radius 1 is 1.42 bits per heavy atom. The Bertz CT molecular complexity index is 539. The maximum Gasteiger partial charge on any atom is 0.312 e. The van der Waals surface area contributed by atoms with Gasteiger partial charge in [0.05, 0.1) is 5.92 Å². The highest BCUT2D eigenvalue weighted by molar-refractivity contribution is 7.09. The highest BCUT2D eigenvalue weighted by Crippen LogP contribution is 2.15. The van der Waals surface area contributed by atoms with Crippen molar-refractivity contribution in [3.05, 3.63) is 52.0 Å². The lowest BCUT2D eigenvalue weighted by Gasteiger charge is -2.13. The number of thiazole rings is 1. The zero-order chi connectivity index (χ0) is 13.7. The topological polar surface area (TPSA) is 62.2 Å². The fraction of sp³-hybridized carbons (Fsp3) is 0.286. The number of hydrogen-bond donors (Lipinski definition) is 2. The molecule has 0 aliphatic heterocycles. The standard InChI is InChI=1S/C14H16N2O2S/c1-10-9-19-13(16-10)8-15-7-12(14(17)18)11-5-3-2-4-6-11/h2-6,9,12,15H,7-8H2,1H3,(H,17,18). The van der Waals surface area contributed by atoms with Crippen molar-refractivity contribution in [3.63, 3.8) is 0 Å². The first-order valence-corrected chi connectivity index (χ1v) is 6.94. The summed E-state index contributed by atoms with van der Waals surface area (Å²) in [6.07, 6.45) is 0. The molecule has 0 aliphatic carbocycles. The van der Waals surface area contributed by atoms with Crippen LogP contribution in [0.1, 0.15) is 22.2 Å². The van der Waals surface area contributed by atoms with E-state index in [1.54, 1.807) is 11.3 Å². The number of nitrogens with zero attached hydrogens (tertiary/aromatic N) is 1. The number of nitrogens with one attached hydrogen (secondary N) is 1. The van der Waals surface area contributed by atoms with Gasteiger partial charge in [0, 0.05) is 24.2 Å². The van der Waals surface area contributed by atoms with E-state index in [1.165, 1.54) is 0 Å². The zero-order valence-electron chi connectivity index (χ0n) is 10.7. The van der Waals surface area contributed by atoms with Gasteiger partial charge in [-0.3, -0.25) is 4.79 Å². The van der Waals surface area contributed by atoms with Crippen LogP contribution in [0, 0.1) is 6.92 Å². The van der Waals surface area contributed by atoms with E-state index >= 15 is 0 Å². The van der Waals surface area contributed by atoms with Crippen LogP contribution in [0.15, 0.2) is 35.7 Å². The summed E-state index contributed by atoms with van der Waals surface area (Å²) in [4.78, 5) is 15.6. The average Bonchev–Trinajstić information content (AvgIpc) is 2.81. The molecule has 19 heavy (non-hydrogen) atoms. The minimum absolute atomic E-state index is 0.401. The summed E-state index contributed by atoms with van der Waals surface area (Å²) in [5.41, 5.74) is 1.82. The quantitative estimate of drug-likeness (QED) is 0.850. The second kappa shape index (κ2) is 6.45. The Kier molecular flexibility index (Phi) is 4.65. The summed E-state index contributed by atoms with van der Waals surface area (Å²) in [5, 5.41) is 15.4. The van der Waals surface area contributed by atoms with Crippen LogP contribution in [0.5, 0.6) is 0 Å². The summed E-state index contributed by atoms with van der Waals surface area (Å²) in [5.74, 6) is -1.34. The van der Waals surface area contributed by atoms with E-state index < -0.39 is 11.9 Å². The second-order valence-electron chi connectivity index (χ2n) is 4.32. The van der Waals surface area contributed by atoms with Crippen molar-refractivity contribution in [2.75, 3.05) is 6.54 Å². The molecule has 0 radical (unpaired) electrons. The Balaban J connectivity index is 1.93. The van der Waals surface area contributed by atoms with Gasteiger partial charge in [0.15, 0.2) is 0 Å². The van der Waals surface area contributed by atoms with Gasteiger partial charge in [-0.1, -0.05) is 30.3 Å². The second-order valence-corrected chi connectivity index (χ2v) is 5.26. The number of rotatable bonds is 6. The van der Waals surface area contributed by atoms with Crippen LogP contribution in [0.3, 0.4) is 0 Å². The van der Waals surface area contributed by atoms with E-state index in [0.29, 0.717) is 13.1 Å². The van der Waals surface area contributed by atoms with Gasteiger partial charge < -0.3 is 10.4 Å². The van der Waals surface area contributed by atoms with Crippen LogP contribution < -0.4 is 5.32 Å². The maximum atomic E-state index is 11.3. The lowest BCUT2D eigenvalue weighted by atomic mass is 9.99. The monoisotopic (exact) mass is 276 g/mol. The Morgan fingerprint density at radius 3 is 2.74 bits per heavy atom. The van der Waals surface area contributed by atoms with Crippen LogP contribution in [0.2, 0.25) is 0 Å². The van der Waals surface area contributed by atoms with E-state index in [4.69, 9.17) is 0 Å². The van der Waals surface area contributed by atoms with Gasteiger partial charge in [0.25, 0.3) is 0 Å². The molecule has 0 aliphatic rings. The molecule has 0 spiro atoms. The molecule has 5 heteroatoms. The summed E-state index contributed by atoms with van der Waals surface area (Å²) >= 11 is 1.58. The molecular formula is C14H16N2O2S. The molecule has 1 aromatic heterocycles. The van der Waals surface area contributed by atoms with Crippen molar-refractivity contribution in [2.45, 2.75) is 19.4 Å². The molecule has 0 amide bonds. The number of aliphatic carboxylic acids is 1. The predicted molar refractivity (Wildman–Crippen MR) is 75.4 cm³/mol. The number of hydrogen-bond acceptors (Lipinski definition) is 4. The van der Waals surface area contributed by atoms with Crippen molar-refractivity contribution < 1.29 is 9.90 Å². The molecule has 0 bridgehead atoms. The summed E-state index contributed by atoms with van der Waals surface area (Å²) in [6.45, 7) is 2.96. The third-order valence-electron chi connectivity index (χ3n) is 2.79. The van der Waals surface area contributed by atoms with Crippen molar-refractivity contribution >= 4 is 17.3 Å². The van der Waals surface area contributed by atoms with E-state index in [1.807, 2.05) is 42.6 Å². The molecule has 4 nitrogen and oxygen atoms in total.